The van der Waals surface area contributed by atoms with Crippen LogP contribution in [0.5, 0.6) is 5.75 Å². The Morgan fingerprint density at radius 1 is 1.41 bits per heavy atom. The smallest absolute Gasteiger partial charge is 0.319 e. The van der Waals surface area contributed by atoms with Gasteiger partial charge in [-0.05, 0) is 18.6 Å². The van der Waals surface area contributed by atoms with Crippen LogP contribution in [0.3, 0.4) is 0 Å². The topological polar surface area (TPSA) is 61.4 Å². The van der Waals surface area contributed by atoms with Gasteiger partial charge < -0.3 is 15.7 Å². The standard InChI is InChI=1S/C12H17FN2O2/c1-2-3-4-8-14-12(17)15-10-7-5-6-9(13)11(10)16/h5-7,16H,2-4,8H2,1H3,(H2,14,15,17). The van der Waals surface area contributed by atoms with Crippen LogP contribution in [0.25, 0.3) is 0 Å². The molecular formula is C12H17FN2O2. The molecule has 0 aromatic heterocycles. The molecule has 0 aliphatic carbocycles. The van der Waals surface area contributed by atoms with E-state index in [2.05, 4.69) is 17.6 Å². The van der Waals surface area contributed by atoms with Gasteiger partial charge in [0.25, 0.3) is 0 Å². The SMILES string of the molecule is CCCCCNC(=O)Nc1cccc(F)c1O. The number of para-hydroxylation sites is 1. The van der Waals surface area contributed by atoms with Crippen LogP contribution in [0.2, 0.25) is 0 Å². The summed E-state index contributed by atoms with van der Waals surface area (Å²) < 4.78 is 13.0. The number of halogens is 1. The summed E-state index contributed by atoms with van der Waals surface area (Å²) in [7, 11) is 0. The van der Waals surface area contributed by atoms with Gasteiger partial charge in [-0.1, -0.05) is 25.8 Å². The van der Waals surface area contributed by atoms with Gasteiger partial charge in [-0.2, -0.15) is 0 Å². The Morgan fingerprint density at radius 2 is 2.18 bits per heavy atom. The van der Waals surface area contributed by atoms with Crippen molar-refractivity contribution in [2.45, 2.75) is 26.2 Å². The fourth-order valence-corrected chi connectivity index (χ4v) is 1.36. The van der Waals surface area contributed by atoms with E-state index in [0.29, 0.717) is 6.54 Å². The van der Waals surface area contributed by atoms with Crippen molar-refractivity contribution in [3.8, 4) is 5.75 Å². The van der Waals surface area contributed by atoms with Crippen molar-refractivity contribution < 1.29 is 14.3 Å². The Kier molecular flexibility index (Phi) is 5.26. The van der Waals surface area contributed by atoms with Gasteiger partial charge in [0.05, 0.1) is 5.69 Å². The fraction of sp³-hybridized carbons (Fsp3) is 0.417. The van der Waals surface area contributed by atoms with E-state index in [9.17, 15) is 14.3 Å². The molecule has 3 N–H and O–H groups in total. The quantitative estimate of drug-likeness (QED) is 0.547. The van der Waals surface area contributed by atoms with Gasteiger partial charge in [-0.25, -0.2) is 9.18 Å². The number of nitrogens with one attached hydrogen (secondary N) is 2. The second kappa shape index (κ2) is 6.73. The largest absolute Gasteiger partial charge is 0.503 e. The van der Waals surface area contributed by atoms with E-state index in [1.54, 1.807) is 0 Å². The highest BCUT2D eigenvalue weighted by atomic mass is 19.1. The predicted octanol–water partition coefficient (Wildman–Crippen LogP) is 2.84. The van der Waals surface area contributed by atoms with E-state index in [1.807, 2.05) is 0 Å². The zero-order valence-corrected chi connectivity index (χ0v) is 9.79. The van der Waals surface area contributed by atoms with Crippen LogP contribution >= 0.6 is 0 Å². The molecule has 0 spiro atoms. The lowest BCUT2D eigenvalue weighted by atomic mass is 10.2. The minimum Gasteiger partial charge on any atom is -0.503 e. The minimum absolute atomic E-state index is 0.0676. The van der Waals surface area contributed by atoms with Gasteiger partial charge in [0.1, 0.15) is 0 Å². The number of amides is 2. The third kappa shape index (κ3) is 4.30. The van der Waals surface area contributed by atoms with Gasteiger partial charge in [0, 0.05) is 6.54 Å². The van der Waals surface area contributed by atoms with Crippen molar-refractivity contribution in [2.24, 2.45) is 0 Å². The first-order valence-corrected chi connectivity index (χ1v) is 5.67. The molecule has 0 radical (unpaired) electrons. The molecule has 0 saturated carbocycles. The molecule has 94 valence electrons. The van der Waals surface area contributed by atoms with E-state index >= 15 is 0 Å². The first kappa shape index (κ1) is 13.3. The summed E-state index contributed by atoms with van der Waals surface area (Å²) in [6.45, 7) is 2.64. The molecule has 0 heterocycles. The molecule has 0 fully saturated rings. The van der Waals surface area contributed by atoms with Crippen LogP contribution < -0.4 is 10.6 Å². The molecular weight excluding hydrogens is 223 g/mol. The Morgan fingerprint density at radius 3 is 2.88 bits per heavy atom. The van der Waals surface area contributed by atoms with Gasteiger partial charge >= 0.3 is 6.03 Å². The zero-order chi connectivity index (χ0) is 12.7. The van der Waals surface area contributed by atoms with Crippen molar-refractivity contribution in [1.29, 1.82) is 0 Å². The van der Waals surface area contributed by atoms with E-state index in [4.69, 9.17) is 0 Å². The van der Waals surface area contributed by atoms with E-state index < -0.39 is 17.6 Å². The number of phenols is 1. The third-order valence-corrected chi connectivity index (χ3v) is 2.30. The second-order valence-corrected chi connectivity index (χ2v) is 3.72. The summed E-state index contributed by atoms with van der Waals surface area (Å²) in [5.74, 6) is -1.30. The van der Waals surface area contributed by atoms with Crippen LogP contribution in [0, 0.1) is 5.82 Å². The first-order valence-electron chi connectivity index (χ1n) is 5.67. The number of urea groups is 1. The number of phenolic OH excluding ortho intramolecular Hbond substituents is 1. The minimum atomic E-state index is -0.756. The summed E-state index contributed by atoms with van der Waals surface area (Å²) in [5.41, 5.74) is 0.0676. The van der Waals surface area contributed by atoms with Crippen molar-refractivity contribution in [1.82, 2.24) is 5.32 Å². The molecule has 0 unspecified atom stereocenters. The number of carbonyl (C=O) groups excluding carboxylic acids is 1. The Hall–Kier alpha value is -1.78. The third-order valence-electron chi connectivity index (χ3n) is 2.30. The van der Waals surface area contributed by atoms with Crippen LogP contribution in [0.1, 0.15) is 26.2 Å². The highest BCUT2D eigenvalue weighted by Crippen LogP contribution is 2.25. The molecule has 1 aromatic rings. The molecule has 0 bridgehead atoms. The van der Waals surface area contributed by atoms with E-state index in [0.717, 1.165) is 25.3 Å². The highest BCUT2D eigenvalue weighted by Gasteiger charge is 2.08. The number of hydrogen-bond donors (Lipinski definition) is 3. The Bertz CT molecular complexity index is 383. The maximum absolute atomic E-state index is 13.0. The number of carbonyl (C=O) groups is 1. The van der Waals surface area contributed by atoms with Crippen LogP contribution in [0.4, 0.5) is 14.9 Å². The molecule has 0 aliphatic heterocycles. The molecule has 0 atom stereocenters. The van der Waals surface area contributed by atoms with Gasteiger partial charge in [0.2, 0.25) is 0 Å². The van der Waals surface area contributed by atoms with Gasteiger partial charge in [0.15, 0.2) is 11.6 Å². The Labute approximate surface area is 99.8 Å². The van der Waals surface area contributed by atoms with Gasteiger partial charge in [-0.15, -0.1) is 0 Å². The number of aromatic hydroxyl groups is 1. The lowest BCUT2D eigenvalue weighted by Crippen LogP contribution is -2.29. The average molecular weight is 240 g/mol. The number of rotatable bonds is 5. The maximum Gasteiger partial charge on any atom is 0.319 e. The number of benzene rings is 1. The molecule has 0 saturated heterocycles. The van der Waals surface area contributed by atoms with E-state index in [1.165, 1.54) is 12.1 Å². The summed E-state index contributed by atoms with van der Waals surface area (Å²) in [6.07, 6.45) is 3.03. The van der Waals surface area contributed by atoms with Gasteiger partial charge in [-0.3, -0.25) is 0 Å². The van der Waals surface area contributed by atoms with Crippen LogP contribution in [0.15, 0.2) is 18.2 Å². The molecule has 1 rings (SSSR count). The molecule has 2 amide bonds. The lowest BCUT2D eigenvalue weighted by Gasteiger charge is -2.08. The number of unbranched alkanes of at least 4 members (excludes halogenated alkanes) is 2. The first-order chi connectivity index (χ1) is 8.15. The fourth-order valence-electron chi connectivity index (χ4n) is 1.36. The summed E-state index contributed by atoms with van der Waals surface area (Å²) in [6, 6.07) is 3.54. The summed E-state index contributed by atoms with van der Waals surface area (Å²) in [5, 5.41) is 14.4. The van der Waals surface area contributed by atoms with Crippen molar-refractivity contribution in [3.63, 3.8) is 0 Å². The van der Waals surface area contributed by atoms with Crippen molar-refractivity contribution in [3.05, 3.63) is 24.0 Å². The maximum atomic E-state index is 13.0. The lowest BCUT2D eigenvalue weighted by molar-refractivity contribution is 0.251. The monoisotopic (exact) mass is 240 g/mol. The van der Waals surface area contributed by atoms with Crippen molar-refractivity contribution >= 4 is 11.7 Å². The van der Waals surface area contributed by atoms with Crippen LogP contribution in [-0.4, -0.2) is 17.7 Å². The predicted molar refractivity (Wildman–Crippen MR) is 64.6 cm³/mol. The highest BCUT2D eigenvalue weighted by molar-refractivity contribution is 5.90. The number of hydrogen-bond acceptors (Lipinski definition) is 2. The van der Waals surface area contributed by atoms with Crippen LogP contribution in [-0.2, 0) is 0 Å². The zero-order valence-electron chi connectivity index (χ0n) is 9.79. The average Bonchev–Trinajstić information content (AvgIpc) is 2.31. The summed E-state index contributed by atoms with van der Waals surface area (Å²) >= 11 is 0. The second-order valence-electron chi connectivity index (χ2n) is 3.72. The normalized spacial score (nSPS) is 10.0. The molecule has 1 aromatic carbocycles. The Balaban J connectivity index is 2.43. The summed E-state index contributed by atoms with van der Waals surface area (Å²) in [4.78, 5) is 11.4. The molecule has 0 aliphatic rings. The number of anilines is 1. The van der Waals surface area contributed by atoms with Crippen molar-refractivity contribution in [2.75, 3.05) is 11.9 Å². The molecule has 5 heteroatoms. The molecule has 17 heavy (non-hydrogen) atoms. The van der Waals surface area contributed by atoms with E-state index in [-0.39, 0.29) is 5.69 Å². The molecule has 4 nitrogen and oxygen atoms in total.